The fraction of sp³-hybridized carbons (Fsp3) is 0.912. The first-order valence-electron chi connectivity index (χ1n) is 16.9. The van der Waals surface area contributed by atoms with Gasteiger partial charge in [-0.1, -0.05) is 34.6 Å². The second kappa shape index (κ2) is 11.8. The smallest absolute Gasteiger partial charge is 0.326 e. The second-order valence-corrected chi connectivity index (χ2v) is 15.6. The highest BCUT2D eigenvalue weighted by Gasteiger charge is 2.60. The van der Waals surface area contributed by atoms with E-state index in [1.54, 1.807) is 0 Å². The molecule has 11 atom stereocenters. The van der Waals surface area contributed by atoms with Crippen LogP contribution in [-0.2, 0) is 14.4 Å². The van der Waals surface area contributed by atoms with Crippen LogP contribution in [0.5, 0.6) is 0 Å². The number of aliphatic carboxylic acids is 1. The van der Waals surface area contributed by atoms with Gasteiger partial charge in [0.1, 0.15) is 12.1 Å². The van der Waals surface area contributed by atoms with Crippen LogP contribution < -0.4 is 5.32 Å². The molecule has 41 heavy (non-hydrogen) atoms. The van der Waals surface area contributed by atoms with Gasteiger partial charge in [-0.2, -0.15) is 0 Å². The van der Waals surface area contributed by atoms with Crippen molar-refractivity contribution in [3.8, 4) is 0 Å². The lowest BCUT2D eigenvalue weighted by Crippen LogP contribution is -2.54. The molecule has 0 spiro atoms. The molecule has 5 rings (SSSR count). The Morgan fingerprint density at radius 3 is 2.34 bits per heavy atom. The van der Waals surface area contributed by atoms with E-state index in [0.717, 1.165) is 37.0 Å². The summed E-state index contributed by atoms with van der Waals surface area (Å²) in [6.07, 6.45) is 13.2. The molecule has 1 heterocycles. The molecule has 1 saturated heterocycles. The number of likely N-dealkylation sites (tertiary alicyclic amines) is 1. The molecule has 4 saturated carbocycles. The minimum absolute atomic E-state index is 0.0934. The van der Waals surface area contributed by atoms with Crippen LogP contribution in [0.15, 0.2) is 0 Å². The maximum Gasteiger partial charge on any atom is 0.326 e. The lowest BCUT2D eigenvalue weighted by Gasteiger charge is -2.61. The SMILES string of the molecule is CC(C)C(NC(=O)CCC(C)[C@H]1CC[C@H]2[C@@H]3CC[C@@H]4C[C@H](O)CC[C@]4(C)[C@H]3CC[C@]12C)C(=O)N1CCCC1C(=O)O. The van der Waals surface area contributed by atoms with E-state index in [1.165, 1.54) is 49.8 Å². The predicted molar refractivity (Wildman–Crippen MR) is 159 cm³/mol. The fourth-order valence-electron chi connectivity index (χ4n) is 11.0. The number of aliphatic hydroxyl groups is 1. The van der Waals surface area contributed by atoms with Crippen LogP contribution in [0.3, 0.4) is 0 Å². The van der Waals surface area contributed by atoms with Gasteiger partial charge in [-0.25, -0.2) is 4.79 Å². The van der Waals surface area contributed by atoms with Crippen molar-refractivity contribution < 1.29 is 24.6 Å². The molecule has 7 heteroatoms. The maximum atomic E-state index is 13.3. The quantitative estimate of drug-likeness (QED) is 0.349. The summed E-state index contributed by atoms with van der Waals surface area (Å²) in [7, 11) is 0. The van der Waals surface area contributed by atoms with Gasteiger partial charge in [0.2, 0.25) is 11.8 Å². The highest BCUT2D eigenvalue weighted by Crippen LogP contribution is 2.68. The molecule has 2 amide bonds. The van der Waals surface area contributed by atoms with Gasteiger partial charge < -0.3 is 20.4 Å². The summed E-state index contributed by atoms with van der Waals surface area (Å²) < 4.78 is 0. The van der Waals surface area contributed by atoms with Crippen LogP contribution >= 0.6 is 0 Å². The van der Waals surface area contributed by atoms with Crippen LogP contribution in [-0.4, -0.2) is 57.6 Å². The van der Waals surface area contributed by atoms with Crippen molar-refractivity contribution in [2.75, 3.05) is 6.54 Å². The van der Waals surface area contributed by atoms with Crippen LogP contribution in [0.4, 0.5) is 0 Å². The van der Waals surface area contributed by atoms with Gasteiger partial charge in [0.25, 0.3) is 0 Å². The minimum atomic E-state index is -0.962. The number of nitrogens with zero attached hydrogens (tertiary/aromatic N) is 1. The number of fused-ring (bicyclic) bond motifs is 5. The molecule has 7 nitrogen and oxygen atoms in total. The molecule has 4 aliphatic carbocycles. The number of carboxylic acid groups (broad SMARTS) is 1. The monoisotopic (exact) mass is 572 g/mol. The van der Waals surface area contributed by atoms with E-state index in [-0.39, 0.29) is 23.8 Å². The van der Waals surface area contributed by atoms with Crippen LogP contribution in [0, 0.1) is 52.3 Å². The van der Waals surface area contributed by atoms with Crippen LogP contribution in [0.1, 0.15) is 118 Å². The van der Waals surface area contributed by atoms with Gasteiger partial charge in [-0.05, 0) is 129 Å². The Bertz CT molecular complexity index is 1000. The topological polar surface area (TPSA) is 107 Å². The first kappa shape index (κ1) is 30.8. The molecule has 3 N–H and O–H groups in total. The van der Waals surface area contributed by atoms with E-state index in [4.69, 9.17) is 0 Å². The lowest BCUT2D eigenvalue weighted by atomic mass is 9.44. The zero-order valence-electron chi connectivity index (χ0n) is 26.2. The molecule has 3 unspecified atom stereocenters. The van der Waals surface area contributed by atoms with Crippen molar-refractivity contribution in [1.82, 2.24) is 10.2 Å². The zero-order chi connectivity index (χ0) is 29.7. The van der Waals surface area contributed by atoms with E-state index in [9.17, 15) is 24.6 Å². The normalized spacial score (nSPS) is 41.7. The van der Waals surface area contributed by atoms with Gasteiger partial charge in [-0.3, -0.25) is 9.59 Å². The van der Waals surface area contributed by atoms with E-state index >= 15 is 0 Å². The Kier molecular flexibility index (Phi) is 8.87. The number of hydrogen-bond acceptors (Lipinski definition) is 4. The van der Waals surface area contributed by atoms with Gasteiger partial charge in [0.15, 0.2) is 0 Å². The largest absolute Gasteiger partial charge is 0.480 e. The molecule has 5 aliphatic rings. The average molecular weight is 573 g/mol. The fourth-order valence-corrected chi connectivity index (χ4v) is 11.0. The summed E-state index contributed by atoms with van der Waals surface area (Å²) in [5.74, 6) is 2.73. The van der Waals surface area contributed by atoms with Gasteiger partial charge >= 0.3 is 5.97 Å². The van der Waals surface area contributed by atoms with Crippen molar-refractivity contribution in [1.29, 1.82) is 0 Å². The minimum Gasteiger partial charge on any atom is -0.480 e. The molecule has 0 aromatic rings. The highest BCUT2D eigenvalue weighted by atomic mass is 16.4. The van der Waals surface area contributed by atoms with Crippen molar-refractivity contribution in [3.63, 3.8) is 0 Å². The highest BCUT2D eigenvalue weighted by molar-refractivity contribution is 5.91. The number of carboxylic acids is 1. The molecular formula is C34H56N2O5. The number of carbonyl (C=O) groups excluding carboxylic acids is 2. The van der Waals surface area contributed by atoms with Gasteiger partial charge in [0, 0.05) is 13.0 Å². The molecular weight excluding hydrogens is 516 g/mol. The van der Waals surface area contributed by atoms with Gasteiger partial charge in [-0.15, -0.1) is 0 Å². The molecule has 0 aromatic heterocycles. The molecule has 232 valence electrons. The number of amides is 2. The van der Waals surface area contributed by atoms with Gasteiger partial charge in [0.05, 0.1) is 6.10 Å². The number of hydrogen-bond donors (Lipinski definition) is 3. The van der Waals surface area contributed by atoms with E-state index in [1.807, 2.05) is 13.8 Å². The summed E-state index contributed by atoms with van der Waals surface area (Å²) in [6.45, 7) is 11.7. The van der Waals surface area contributed by atoms with Crippen LogP contribution in [0.25, 0.3) is 0 Å². The lowest BCUT2D eigenvalue weighted by molar-refractivity contribution is -0.150. The summed E-state index contributed by atoms with van der Waals surface area (Å²) in [5.41, 5.74) is 0.738. The summed E-state index contributed by atoms with van der Waals surface area (Å²) in [5, 5.41) is 22.9. The first-order valence-corrected chi connectivity index (χ1v) is 16.9. The summed E-state index contributed by atoms with van der Waals surface area (Å²) >= 11 is 0. The number of carbonyl (C=O) groups is 3. The third kappa shape index (κ3) is 5.58. The Morgan fingerprint density at radius 1 is 0.927 bits per heavy atom. The Hall–Kier alpha value is -1.63. The molecule has 1 aliphatic heterocycles. The number of rotatable bonds is 8. The maximum absolute atomic E-state index is 13.3. The molecule has 5 fully saturated rings. The third-order valence-electron chi connectivity index (χ3n) is 13.3. The Labute approximate surface area is 247 Å². The average Bonchev–Trinajstić information content (AvgIpc) is 3.55. The number of aliphatic hydroxyl groups excluding tert-OH is 1. The van der Waals surface area contributed by atoms with E-state index < -0.39 is 18.1 Å². The van der Waals surface area contributed by atoms with E-state index in [0.29, 0.717) is 54.4 Å². The van der Waals surface area contributed by atoms with Crippen molar-refractivity contribution in [3.05, 3.63) is 0 Å². The summed E-state index contributed by atoms with van der Waals surface area (Å²) in [4.78, 5) is 39.5. The van der Waals surface area contributed by atoms with Crippen molar-refractivity contribution >= 4 is 17.8 Å². The van der Waals surface area contributed by atoms with Crippen molar-refractivity contribution in [2.24, 2.45) is 52.3 Å². The van der Waals surface area contributed by atoms with E-state index in [2.05, 4.69) is 26.1 Å². The Balaban J connectivity index is 1.18. The second-order valence-electron chi connectivity index (χ2n) is 15.6. The first-order chi connectivity index (χ1) is 19.4. The predicted octanol–water partition coefficient (Wildman–Crippen LogP) is 5.64. The summed E-state index contributed by atoms with van der Waals surface area (Å²) in [6, 6.07) is -1.46. The molecule has 0 aromatic carbocycles. The molecule has 0 bridgehead atoms. The van der Waals surface area contributed by atoms with Crippen molar-refractivity contribution in [2.45, 2.75) is 136 Å². The standard InChI is InChI=1S/C34H56N2O5/c1-20(2)30(31(39)36-18-6-7-28(36)32(40)41)35-29(38)13-8-21(3)25-11-12-26-24-10-9-22-19-23(37)14-16-33(22,4)27(24)15-17-34(25,26)5/h20-28,30,37H,6-19H2,1-5H3,(H,35,38)(H,40,41)/t21?,22-,23-,24+,25-,26+,27+,28?,30?,33+,34-/m1/s1. The Morgan fingerprint density at radius 2 is 1.63 bits per heavy atom. The number of nitrogens with one attached hydrogen (secondary N) is 1. The zero-order valence-corrected chi connectivity index (χ0v) is 26.2. The van der Waals surface area contributed by atoms with Crippen LogP contribution in [0.2, 0.25) is 0 Å². The third-order valence-corrected chi connectivity index (χ3v) is 13.3. The molecule has 0 radical (unpaired) electrons.